The number of rotatable bonds is 3. The molecule has 0 unspecified atom stereocenters. The van der Waals surface area contributed by atoms with Crippen LogP contribution < -0.4 is 10.5 Å². The van der Waals surface area contributed by atoms with Gasteiger partial charge in [-0.1, -0.05) is 12.8 Å². The first-order valence-corrected chi connectivity index (χ1v) is 7.70. The molecular formula is C10H14BrN3O2S. The zero-order chi connectivity index (χ0) is 12.5. The number of nitrogens with one attached hydrogen (secondary N) is 1. The molecule has 1 aromatic rings. The number of nitrogens with two attached hydrogens (primary N) is 1. The molecule has 1 aromatic heterocycles. The van der Waals surface area contributed by atoms with E-state index >= 15 is 0 Å². The maximum Gasteiger partial charge on any atom is 0.244 e. The highest BCUT2D eigenvalue weighted by molar-refractivity contribution is 9.10. The van der Waals surface area contributed by atoms with Crippen LogP contribution in [0.3, 0.4) is 0 Å². The molecule has 7 heteroatoms. The van der Waals surface area contributed by atoms with Gasteiger partial charge in [-0.25, -0.2) is 18.1 Å². The molecule has 0 saturated heterocycles. The summed E-state index contributed by atoms with van der Waals surface area (Å²) < 4.78 is 27.5. The SMILES string of the molecule is Nc1ncc(Br)cc1S(=O)(=O)NC1CCCC1. The van der Waals surface area contributed by atoms with Crippen molar-refractivity contribution < 1.29 is 8.42 Å². The number of anilines is 1. The summed E-state index contributed by atoms with van der Waals surface area (Å²) in [6, 6.07) is 1.50. The maximum absolute atomic E-state index is 12.1. The van der Waals surface area contributed by atoms with Crippen molar-refractivity contribution in [2.75, 3.05) is 5.73 Å². The maximum atomic E-state index is 12.1. The first-order chi connectivity index (χ1) is 7.99. The molecular weight excluding hydrogens is 306 g/mol. The van der Waals surface area contributed by atoms with E-state index in [0.29, 0.717) is 4.47 Å². The Bertz CT molecular complexity index is 512. The fraction of sp³-hybridized carbons (Fsp3) is 0.500. The Kier molecular flexibility index (Phi) is 3.70. The van der Waals surface area contributed by atoms with Crippen LogP contribution in [0.15, 0.2) is 21.6 Å². The second kappa shape index (κ2) is 4.91. The molecule has 2 rings (SSSR count). The van der Waals surface area contributed by atoms with E-state index in [1.807, 2.05) is 0 Å². The van der Waals surface area contributed by atoms with E-state index in [9.17, 15) is 8.42 Å². The fourth-order valence-electron chi connectivity index (χ4n) is 1.97. The van der Waals surface area contributed by atoms with Gasteiger partial charge in [0.1, 0.15) is 10.7 Å². The van der Waals surface area contributed by atoms with E-state index in [-0.39, 0.29) is 16.8 Å². The summed E-state index contributed by atoms with van der Waals surface area (Å²) in [4.78, 5) is 3.87. The lowest BCUT2D eigenvalue weighted by molar-refractivity contribution is 0.552. The summed E-state index contributed by atoms with van der Waals surface area (Å²) >= 11 is 3.19. The zero-order valence-electron chi connectivity index (χ0n) is 9.19. The van der Waals surface area contributed by atoms with Gasteiger partial charge in [0.05, 0.1) is 0 Å². The number of pyridine rings is 1. The summed E-state index contributed by atoms with van der Waals surface area (Å²) in [7, 11) is -3.56. The quantitative estimate of drug-likeness (QED) is 0.887. The Balaban J connectivity index is 2.27. The highest BCUT2D eigenvalue weighted by Gasteiger charge is 2.25. The summed E-state index contributed by atoms with van der Waals surface area (Å²) in [5, 5.41) is 0. The van der Waals surface area contributed by atoms with Crippen molar-refractivity contribution in [1.82, 2.24) is 9.71 Å². The van der Waals surface area contributed by atoms with Crippen LogP contribution in [-0.4, -0.2) is 19.4 Å². The third-order valence-electron chi connectivity index (χ3n) is 2.81. The fourth-order valence-corrected chi connectivity index (χ4v) is 3.87. The standard InChI is InChI=1S/C10H14BrN3O2S/c11-7-5-9(10(12)13-6-7)17(15,16)14-8-3-1-2-4-8/h5-6,8,14H,1-4H2,(H2,12,13). The lowest BCUT2D eigenvalue weighted by Gasteiger charge is -2.13. The molecule has 5 nitrogen and oxygen atoms in total. The van der Waals surface area contributed by atoms with E-state index < -0.39 is 10.0 Å². The Morgan fingerprint density at radius 3 is 2.71 bits per heavy atom. The van der Waals surface area contributed by atoms with Crippen LogP contribution in [-0.2, 0) is 10.0 Å². The minimum Gasteiger partial charge on any atom is -0.383 e. The van der Waals surface area contributed by atoms with E-state index in [2.05, 4.69) is 25.6 Å². The molecule has 0 bridgehead atoms. The summed E-state index contributed by atoms with van der Waals surface area (Å²) in [6.07, 6.45) is 5.39. The third-order valence-corrected chi connectivity index (χ3v) is 4.80. The van der Waals surface area contributed by atoms with E-state index in [1.165, 1.54) is 12.3 Å². The first kappa shape index (κ1) is 12.8. The number of aromatic nitrogens is 1. The monoisotopic (exact) mass is 319 g/mol. The summed E-state index contributed by atoms with van der Waals surface area (Å²) in [6.45, 7) is 0. The number of hydrogen-bond donors (Lipinski definition) is 2. The van der Waals surface area contributed by atoms with Crippen molar-refractivity contribution in [3.63, 3.8) is 0 Å². The lowest BCUT2D eigenvalue weighted by atomic mass is 10.3. The number of sulfonamides is 1. The zero-order valence-corrected chi connectivity index (χ0v) is 11.6. The minimum atomic E-state index is -3.56. The number of halogens is 1. The molecule has 0 atom stereocenters. The van der Waals surface area contributed by atoms with Crippen LogP contribution in [0.4, 0.5) is 5.82 Å². The molecule has 1 heterocycles. The Labute approximate surface area is 109 Å². The molecule has 0 aliphatic heterocycles. The number of hydrogen-bond acceptors (Lipinski definition) is 4. The average molecular weight is 320 g/mol. The van der Waals surface area contributed by atoms with Crippen molar-refractivity contribution in [3.8, 4) is 0 Å². The Hall–Kier alpha value is -0.660. The molecule has 0 radical (unpaired) electrons. The van der Waals surface area contributed by atoms with Gasteiger partial charge in [0, 0.05) is 16.7 Å². The highest BCUT2D eigenvalue weighted by atomic mass is 79.9. The number of nitrogen functional groups attached to an aromatic ring is 1. The van der Waals surface area contributed by atoms with E-state index in [4.69, 9.17) is 5.73 Å². The summed E-state index contributed by atoms with van der Waals surface area (Å²) in [5.41, 5.74) is 5.60. The molecule has 17 heavy (non-hydrogen) atoms. The predicted molar refractivity (Wildman–Crippen MR) is 68.9 cm³/mol. The molecule has 94 valence electrons. The van der Waals surface area contributed by atoms with E-state index in [1.54, 1.807) is 0 Å². The minimum absolute atomic E-state index is 0.0263. The van der Waals surface area contributed by atoms with Crippen molar-refractivity contribution in [3.05, 3.63) is 16.7 Å². The second-order valence-electron chi connectivity index (χ2n) is 4.14. The van der Waals surface area contributed by atoms with E-state index in [0.717, 1.165) is 25.7 Å². The second-order valence-corrected chi connectivity index (χ2v) is 6.74. The van der Waals surface area contributed by atoms with Gasteiger partial charge < -0.3 is 5.73 Å². The Morgan fingerprint density at radius 1 is 1.41 bits per heavy atom. The van der Waals surface area contributed by atoms with Gasteiger partial charge in [-0.3, -0.25) is 0 Å². The predicted octanol–water partition coefficient (Wildman–Crippen LogP) is 1.65. The van der Waals surface area contributed by atoms with Gasteiger partial charge in [0.2, 0.25) is 10.0 Å². The van der Waals surface area contributed by atoms with Crippen LogP contribution in [0, 0.1) is 0 Å². The Morgan fingerprint density at radius 2 is 2.06 bits per heavy atom. The molecule has 1 fully saturated rings. The largest absolute Gasteiger partial charge is 0.383 e. The lowest BCUT2D eigenvalue weighted by Crippen LogP contribution is -2.33. The van der Waals surface area contributed by atoms with Crippen molar-refractivity contribution in [2.45, 2.75) is 36.6 Å². The topological polar surface area (TPSA) is 85.1 Å². The van der Waals surface area contributed by atoms with Crippen LogP contribution in [0.5, 0.6) is 0 Å². The number of nitrogens with zero attached hydrogens (tertiary/aromatic N) is 1. The van der Waals surface area contributed by atoms with Gasteiger partial charge in [-0.05, 0) is 34.8 Å². The molecule has 1 aliphatic rings. The molecule has 3 N–H and O–H groups in total. The molecule has 1 saturated carbocycles. The smallest absolute Gasteiger partial charge is 0.244 e. The molecule has 1 aliphatic carbocycles. The molecule has 0 aromatic carbocycles. The van der Waals surface area contributed by atoms with Gasteiger partial charge >= 0.3 is 0 Å². The van der Waals surface area contributed by atoms with Crippen LogP contribution >= 0.6 is 15.9 Å². The van der Waals surface area contributed by atoms with Gasteiger partial charge in [0.25, 0.3) is 0 Å². The van der Waals surface area contributed by atoms with Gasteiger partial charge in [-0.2, -0.15) is 0 Å². The normalized spacial score (nSPS) is 17.5. The molecule has 0 amide bonds. The van der Waals surface area contributed by atoms with Gasteiger partial charge in [-0.15, -0.1) is 0 Å². The van der Waals surface area contributed by atoms with Crippen molar-refractivity contribution >= 4 is 31.8 Å². The van der Waals surface area contributed by atoms with Crippen molar-refractivity contribution in [1.29, 1.82) is 0 Å². The van der Waals surface area contributed by atoms with Crippen LogP contribution in [0.1, 0.15) is 25.7 Å². The summed E-state index contributed by atoms with van der Waals surface area (Å²) in [5.74, 6) is 0.0266. The van der Waals surface area contributed by atoms with Gasteiger partial charge in [0.15, 0.2) is 0 Å². The first-order valence-electron chi connectivity index (χ1n) is 5.42. The third kappa shape index (κ3) is 2.97. The molecule has 0 spiro atoms. The highest BCUT2D eigenvalue weighted by Crippen LogP contribution is 2.24. The van der Waals surface area contributed by atoms with Crippen LogP contribution in [0.25, 0.3) is 0 Å². The van der Waals surface area contributed by atoms with Crippen LogP contribution in [0.2, 0.25) is 0 Å². The average Bonchev–Trinajstić information content (AvgIpc) is 2.73. The van der Waals surface area contributed by atoms with Crippen molar-refractivity contribution in [2.24, 2.45) is 0 Å².